The Hall–Kier alpha value is -4.18. The van der Waals surface area contributed by atoms with Crippen molar-refractivity contribution in [1.29, 1.82) is 0 Å². The van der Waals surface area contributed by atoms with E-state index in [0.29, 0.717) is 0 Å². The van der Waals surface area contributed by atoms with Crippen molar-refractivity contribution in [1.82, 2.24) is 14.4 Å². The summed E-state index contributed by atoms with van der Waals surface area (Å²) in [5, 5.41) is 3.43. The number of ether oxygens (including phenoxy) is 1. The minimum Gasteiger partial charge on any atom is -0.457 e. The van der Waals surface area contributed by atoms with Gasteiger partial charge in [0.15, 0.2) is 0 Å². The number of benzene rings is 3. The Bertz CT molecular complexity index is 1660. The molecule has 0 atom stereocenters. The van der Waals surface area contributed by atoms with E-state index in [-0.39, 0.29) is 5.41 Å². The van der Waals surface area contributed by atoms with Crippen molar-refractivity contribution in [3.8, 4) is 22.8 Å². The molecule has 0 unspecified atom stereocenters. The molecule has 0 bridgehead atoms. The van der Waals surface area contributed by atoms with Crippen LogP contribution in [0.25, 0.3) is 38.6 Å². The van der Waals surface area contributed by atoms with Gasteiger partial charge in [-0.3, -0.25) is 9.38 Å². The lowest BCUT2D eigenvalue weighted by Crippen LogP contribution is -2.11. The van der Waals surface area contributed by atoms with Gasteiger partial charge in [0.25, 0.3) is 0 Å². The predicted molar refractivity (Wildman–Crippen MR) is 139 cm³/mol. The van der Waals surface area contributed by atoms with Crippen LogP contribution in [0.3, 0.4) is 0 Å². The SMILES string of the molecule is CC(C)(C)c1cc(Oc2ccc3c4ccccc4n4ccnc4c3c2)cc(-c2ccccn2)c1. The number of pyridine rings is 2. The molecule has 0 N–H and O–H groups in total. The second kappa shape index (κ2) is 7.70. The molecule has 34 heavy (non-hydrogen) atoms. The van der Waals surface area contributed by atoms with Crippen LogP contribution in [0.15, 0.2) is 97.5 Å². The van der Waals surface area contributed by atoms with Gasteiger partial charge in [0, 0.05) is 34.9 Å². The van der Waals surface area contributed by atoms with Crippen molar-refractivity contribution < 1.29 is 4.74 Å². The Labute approximate surface area is 198 Å². The fourth-order valence-electron chi connectivity index (χ4n) is 4.52. The normalized spacial score (nSPS) is 12.0. The highest BCUT2D eigenvalue weighted by Crippen LogP contribution is 2.36. The monoisotopic (exact) mass is 443 g/mol. The van der Waals surface area contributed by atoms with Crippen molar-refractivity contribution in [2.45, 2.75) is 26.2 Å². The molecule has 3 heterocycles. The summed E-state index contributed by atoms with van der Waals surface area (Å²) < 4.78 is 8.60. The van der Waals surface area contributed by atoms with Crippen LogP contribution in [0.1, 0.15) is 26.3 Å². The quantitative estimate of drug-likeness (QED) is 0.262. The molecule has 0 amide bonds. The third kappa shape index (κ3) is 3.48. The van der Waals surface area contributed by atoms with Crippen molar-refractivity contribution in [3.05, 3.63) is 103 Å². The Morgan fingerprint density at radius 3 is 2.38 bits per heavy atom. The van der Waals surface area contributed by atoms with E-state index in [1.54, 1.807) is 0 Å². The summed E-state index contributed by atoms with van der Waals surface area (Å²) in [6.07, 6.45) is 5.68. The van der Waals surface area contributed by atoms with E-state index >= 15 is 0 Å². The van der Waals surface area contributed by atoms with Crippen LogP contribution in [0, 0.1) is 0 Å². The van der Waals surface area contributed by atoms with Crippen LogP contribution in [0.4, 0.5) is 0 Å². The van der Waals surface area contributed by atoms with Crippen molar-refractivity contribution in [2.75, 3.05) is 0 Å². The first-order chi connectivity index (χ1) is 16.5. The van der Waals surface area contributed by atoms with Crippen LogP contribution >= 0.6 is 0 Å². The highest BCUT2D eigenvalue weighted by molar-refractivity contribution is 6.12. The zero-order valence-electron chi connectivity index (χ0n) is 19.5. The summed E-state index contributed by atoms with van der Waals surface area (Å²) in [6.45, 7) is 6.64. The molecule has 0 aliphatic rings. The number of nitrogens with zero attached hydrogens (tertiary/aromatic N) is 3. The smallest absolute Gasteiger partial charge is 0.145 e. The van der Waals surface area contributed by atoms with Crippen LogP contribution in [0.2, 0.25) is 0 Å². The van der Waals surface area contributed by atoms with E-state index < -0.39 is 0 Å². The molecule has 0 aliphatic carbocycles. The highest BCUT2D eigenvalue weighted by atomic mass is 16.5. The van der Waals surface area contributed by atoms with Crippen molar-refractivity contribution in [2.24, 2.45) is 0 Å². The molecule has 4 nitrogen and oxygen atoms in total. The summed E-state index contributed by atoms with van der Waals surface area (Å²) in [7, 11) is 0. The van der Waals surface area contributed by atoms with E-state index in [9.17, 15) is 0 Å². The van der Waals surface area contributed by atoms with Crippen molar-refractivity contribution in [3.63, 3.8) is 0 Å². The molecule has 0 aliphatic heterocycles. The Morgan fingerprint density at radius 2 is 1.56 bits per heavy atom. The van der Waals surface area contributed by atoms with Gasteiger partial charge in [-0.15, -0.1) is 0 Å². The topological polar surface area (TPSA) is 39.4 Å². The summed E-state index contributed by atoms with van der Waals surface area (Å²) >= 11 is 0. The van der Waals surface area contributed by atoms with Crippen LogP contribution in [-0.4, -0.2) is 14.4 Å². The minimum absolute atomic E-state index is 0.0206. The largest absolute Gasteiger partial charge is 0.457 e. The van der Waals surface area contributed by atoms with E-state index in [1.165, 1.54) is 16.3 Å². The molecule has 4 heteroatoms. The lowest BCUT2D eigenvalue weighted by Gasteiger charge is -2.21. The number of imidazole rings is 1. The lowest BCUT2D eigenvalue weighted by molar-refractivity contribution is 0.479. The molecule has 6 rings (SSSR count). The van der Waals surface area contributed by atoms with Crippen LogP contribution < -0.4 is 4.74 Å². The Balaban J connectivity index is 1.49. The Kier molecular flexibility index (Phi) is 4.63. The van der Waals surface area contributed by atoms with E-state index in [2.05, 4.69) is 89.7 Å². The number of para-hydroxylation sites is 1. The average Bonchev–Trinajstić information content (AvgIpc) is 3.35. The van der Waals surface area contributed by atoms with E-state index in [0.717, 1.165) is 39.3 Å². The van der Waals surface area contributed by atoms with Gasteiger partial charge in [-0.05, 0) is 71.0 Å². The molecule has 3 aromatic heterocycles. The third-order valence-electron chi connectivity index (χ3n) is 6.30. The van der Waals surface area contributed by atoms with Gasteiger partial charge in [0.05, 0.1) is 11.2 Å². The molecule has 0 saturated heterocycles. The van der Waals surface area contributed by atoms with Gasteiger partial charge in [-0.1, -0.05) is 45.0 Å². The predicted octanol–water partition coefficient (Wildman–Crippen LogP) is 7.79. The number of rotatable bonds is 3. The maximum atomic E-state index is 6.46. The van der Waals surface area contributed by atoms with Gasteiger partial charge < -0.3 is 4.74 Å². The summed E-state index contributed by atoms with van der Waals surface area (Å²) in [6, 6.07) is 27.1. The van der Waals surface area contributed by atoms with Gasteiger partial charge >= 0.3 is 0 Å². The highest BCUT2D eigenvalue weighted by Gasteiger charge is 2.17. The molecular formula is C30H25N3O. The van der Waals surface area contributed by atoms with Gasteiger partial charge in [0.1, 0.15) is 17.1 Å². The molecule has 0 radical (unpaired) electrons. The first-order valence-corrected chi connectivity index (χ1v) is 11.5. The fraction of sp³-hybridized carbons (Fsp3) is 0.133. The first-order valence-electron chi connectivity index (χ1n) is 11.5. The molecule has 6 aromatic rings. The molecule has 3 aromatic carbocycles. The zero-order chi connectivity index (χ0) is 23.3. The van der Waals surface area contributed by atoms with Crippen LogP contribution in [0.5, 0.6) is 11.5 Å². The molecule has 0 fully saturated rings. The minimum atomic E-state index is -0.0206. The maximum Gasteiger partial charge on any atom is 0.145 e. The number of hydrogen-bond acceptors (Lipinski definition) is 3. The van der Waals surface area contributed by atoms with Gasteiger partial charge in [-0.25, -0.2) is 4.98 Å². The lowest BCUT2D eigenvalue weighted by atomic mass is 9.85. The standard InChI is InChI=1S/C30H25N3O/c1-30(2,3)21-16-20(27-9-6-7-13-31-27)17-23(18-21)34-22-11-12-24-25-8-4-5-10-28(25)33-15-14-32-29(33)26(24)19-22/h4-19H,1-3H3. The first kappa shape index (κ1) is 20.4. The molecule has 0 saturated carbocycles. The summed E-state index contributed by atoms with van der Waals surface area (Å²) in [5.41, 5.74) is 5.24. The maximum absolute atomic E-state index is 6.46. The second-order valence-corrected chi connectivity index (χ2v) is 9.66. The Morgan fingerprint density at radius 1 is 0.706 bits per heavy atom. The number of hydrogen-bond donors (Lipinski definition) is 0. The zero-order valence-corrected chi connectivity index (χ0v) is 19.5. The van der Waals surface area contributed by atoms with Crippen LogP contribution in [-0.2, 0) is 5.41 Å². The second-order valence-electron chi connectivity index (χ2n) is 9.66. The average molecular weight is 444 g/mol. The van der Waals surface area contributed by atoms with E-state index in [1.807, 2.05) is 42.9 Å². The molecule has 166 valence electrons. The van der Waals surface area contributed by atoms with E-state index in [4.69, 9.17) is 4.74 Å². The molecular weight excluding hydrogens is 418 g/mol. The number of fused-ring (bicyclic) bond motifs is 6. The third-order valence-corrected chi connectivity index (χ3v) is 6.30. The van der Waals surface area contributed by atoms with Gasteiger partial charge in [-0.2, -0.15) is 0 Å². The van der Waals surface area contributed by atoms with Crippen molar-refractivity contribution >= 4 is 27.3 Å². The van der Waals surface area contributed by atoms with Gasteiger partial charge in [0.2, 0.25) is 0 Å². The summed E-state index contributed by atoms with van der Waals surface area (Å²) in [4.78, 5) is 9.20. The molecule has 0 spiro atoms. The fourth-order valence-corrected chi connectivity index (χ4v) is 4.52. The summed E-state index contributed by atoms with van der Waals surface area (Å²) in [5.74, 6) is 1.58. The number of aromatic nitrogens is 3.